The predicted molar refractivity (Wildman–Crippen MR) is 128 cm³/mol. The average molecular weight is 457 g/mol. The van der Waals surface area contributed by atoms with Crippen LogP contribution in [0.1, 0.15) is 12.0 Å². The molecule has 1 unspecified atom stereocenters. The zero-order chi connectivity index (χ0) is 21.6. The van der Waals surface area contributed by atoms with Crippen LogP contribution in [0.5, 0.6) is 0 Å². The van der Waals surface area contributed by atoms with E-state index >= 15 is 0 Å². The zero-order valence-corrected chi connectivity index (χ0v) is 19.2. The minimum absolute atomic E-state index is 0.198. The molecule has 4 rings (SSSR count). The van der Waals surface area contributed by atoms with Gasteiger partial charge in [0.1, 0.15) is 0 Å². The second-order valence-corrected chi connectivity index (χ2v) is 10.2. The molecule has 2 aliphatic rings. The fourth-order valence-corrected chi connectivity index (χ4v) is 6.10. The number of carbonyl (C=O) groups is 2. The molecule has 0 amide bonds. The summed E-state index contributed by atoms with van der Waals surface area (Å²) in [5.41, 5.74) is 4.32. The number of thioether (sulfide) groups is 1. The fraction of sp³-hybridized carbons (Fsp3) is 0.227. The van der Waals surface area contributed by atoms with Crippen molar-refractivity contribution in [3.05, 3.63) is 46.9 Å². The number of hydrogen-bond donors (Lipinski definition) is 1. The van der Waals surface area contributed by atoms with Crippen LogP contribution in [0.3, 0.4) is 0 Å². The number of benzene rings is 2. The molecule has 2 aromatic rings. The van der Waals surface area contributed by atoms with Crippen LogP contribution in [0, 0.1) is 5.92 Å². The molecule has 0 aromatic heterocycles. The van der Waals surface area contributed by atoms with Crippen LogP contribution in [0.25, 0.3) is 6.08 Å². The van der Waals surface area contributed by atoms with Crippen molar-refractivity contribution in [3.8, 4) is 0 Å². The van der Waals surface area contributed by atoms with E-state index in [1.54, 1.807) is 11.8 Å². The Balaban J connectivity index is 1.63. The van der Waals surface area contributed by atoms with E-state index in [1.807, 2.05) is 26.2 Å². The lowest BCUT2D eigenvalue weighted by Crippen LogP contribution is -2.17. The SMILES string of the molecule is CN(C)c1ccc2c(c1)N(C)c1ccc(C=C3SC(=S)C(CC(=O)O)C3=O)cc1S2. The number of hydrogen-bond acceptors (Lipinski definition) is 7. The lowest BCUT2D eigenvalue weighted by Gasteiger charge is -2.30. The number of nitrogens with zero attached hydrogens (tertiary/aromatic N) is 2. The highest BCUT2D eigenvalue weighted by Crippen LogP contribution is 2.49. The Morgan fingerprint density at radius 1 is 1.17 bits per heavy atom. The van der Waals surface area contributed by atoms with Gasteiger partial charge in [-0.2, -0.15) is 0 Å². The van der Waals surface area contributed by atoms with Gasteiger partial charge in [0.25, 0.3) is 0 Å². The van der Waals surface area contributed by atoms with E-state index in [9.17, 15) is 9.59 Å². The number of carboxylic acid groups (broad SMARTS) is 1. The summed E-state index contributed by atoms with van der Waals surface area (Å²) in [6.45, 7) is 0. The Kier molecular flexibility index (Phi) is 5.65. The number of fused-ring (bicyclic) bond motifs is 2. The number of allylic oxidation sites excluding steroid dienone is 1. The van der Waals surface area contributed by atoms with E-state index in [2.05, 4.69) is 47.2 Å². The van der Waals surface area contributed by atoms with Gasteiger partial charge < -0.3 is 14.9 Å². The number of aliphatic carboxylic acids is 1. The summed E-state index contributed by atoms with van der Waals surface area (Å²) < 4.78 is 0.436. The van der Waals surface area contributed by atoms with E-state index in [0.717, 1.165) is 27.5 Å². The van der Waals surface area contributed by atoms with E-state index in [4.69, 9.17) is 17.3 Å². The molecule has 1 fully saturated rings. The van der Waals surface area contributed by atoms with Crippen LogP contribution in [0.15, 0.2) is 51.1 Å². The van der Waals surface area contributed by atoms with Crippen LogP contribution in [0.2, 0.25) is 0 Å². The van der Waals surface area contributed by atoms with Gasteiger partial charge in [0, 0.05) is 36.6 Å². The van der Waals surface area contributed by atoms with Gasteiger partial charge in [-0.25, -0.2) is 0 Å². The quantitative estimate of drug-likeness (QED) is 0.506. The van der Waals surface area contributed by atoms with Crippen molar-refractivity contribution in [3.63, 3.8) is 0 Å². The van der Waals surface area contributed by atoms with Gasteiger partial charge in [-0.3, -0.25) is 9.59 Å². The molecule has 0 aliphatic carbocycles. The number of anilines is 3. The predicted octanol–water partition coefficient (Wildman–Crippen LogP) is 5.06. The highest BCUT2D eigenvalue weighted by atomic mass is 32.2. The van der Waals surface area contributed by atoms with E-state index < -0.39 is 11.9 Å². The van der Waals surface area contributed by atoms with Crippen molar-refractivity contribution >= 4 is 74.8 Å². The molecule has 0 radical (unpaired) electrons. The zero-order valence-electron chi connectivity index (χ0n) is 16.7. The molecule has 1 atom stereocenters. The first kappa shape index (κ1) is 21.0. The summed E-state index contributed by atoms with van der Waals surface area (Å²) in [5, 5.41) is 9.02. The number of thiocarbonyl (C=S) groups is 1. The molecule has 8 heteroatoms. The molecule has 0 spiro atoms. The van der Waals surface area contributed by atoms with Crippen LogP contribution in [-0.4, -0.2) is 42.2 Å². The number of rotatable bonds is 4. The normalized spacial score (nSPS) is 19.1. The first-order valence-corrected chi connectivity index (χ1v) is 11.3. The fourth-order valence-electron chi connectivity index (χ4n) is 3.47. The third-order valence-corrected chi connectivity index (χ3v) is 7.79. The third kappa shape index (κ3) is 3.87. The molecule has 5 nitrogen and oxygen atoms in total. The van der Waals surface area contributed by atoms with Crippen LogP contribution >= 0.6 is 35.7 Å². The van der Waals surface area contributed by atoms with Gasteiger partial charge in [0.05, 0.1) is 32.8 Å². The topological polar surface area (TPSA) is 60.9 Å². The van der Waals surface area contributed by atoms with Gasteiger partial charge >= 0.3 is 5.97 Å². The number of ketones is 1. The molecule has 0 bridgehead atoms. The van der Waals surface area contributed by atoms with Crippen LogP contribution in [-0.2, 0) is 9.59 Å². The Bertz CT molecular complexity index is 1110. The summed E-state index contributed by atoms with van der Waals surface area (Å²) in [5.74, 6) is -1.93. The monoisotopic (exact) mass is 456 g/mol. The van der Waals surface area contributed by atoms with E-state index in [1.165, 1.54) is 16.7 Å². The molecule has 2 aromatic carbocycles. The van der Waals surface area contributed by atoms with Crippen molar-refractivity contribution in [2.75, 3.05) is 30.9 Å². The third-order valence-electron chi connectivity index (χ3n) is 5.12. The van der Waals surface area contributed by atoms with Gasteiger partial charge in [0.2, 0.25) is 0 Å². The lowest BCUT2D eigenvalue weighted by molar-refractivity contribution is -0.139. The minimum atomic E-state index is -1.01. The van der Waals surface area contributed by atoms with Crippen LogP contribution < -0.4 is 9.80 Å². The largest absolute Gasteiger partial charge is 0.481 e. The molecular formula is C22H20N2O3S3. The maximum atomic E-state index is 12.6. The summed E-state index contributed by atoms with van der Waals surface area (Å²) in [4.78, 5) is 30.7. The first-order chi connectivity index (χ1) is 14.2. The number of Topliss-reactive ketones (excluding diaryl/α,β-unsaturated/α-hetero) is 1. The Morgan fingerprint density at radius 2 is 1.93 bits per heavy atom. The lowest BCUT2D eigenvalue weighted by atomic mass is 10.0. The maximum absolute atomic E-state index is 12.6. The average Bonchev–Trinajstić information content (AvgIpc) is 2.94. The summed E-state index contributed by atoms with van der Waals surface area (Å²) in [6, 6.07) is 12.5. The Labute approximate surface area is 189 Å². The Hall–Kier alpha value is -2.29. The van der Waals surface area contributed by atoms with Crippen molar-refractivity contribution in [2.45, 2.75) is 16.2 Å². The van der Waals surface area contributed by atoms with Gasteiger partial charge in [0.15, 0.2) is 5.78 Å². The molecule has 2 aliphatic heterocycles. The van der Waals surface area contributed by atoms with E-state index in [-0.39, 0.29) is 12.2 Å². The van der Waals surface area contributed by atoms with E-state index in [0.29, 0.717) is 9.10 Å². The smallest absolute Gasteiger partial charge is 0.304 e. The maximum Gasteiger partial charge on any atom is 0.304 e. The molecule has 30 heavy (non-hydrogen) atoms. The molecule has 154 valence electrons. The summed E-state index contributed by atoms with van der Waals surface area (Å²) >= 11 is 8.15. The van der Waals surface area contributed by atoms with Crippen molar-refractivity contribution < 1.29 is 14.7 Å². The Morgan fingerprint density at radius 3 is 2.63 bits per heavy atom. The highest BCUT2D eigenvalue weighted by Gasteiger charge is 2.36. The highest BCUT2D eigenvalue weighted by molar-refractivity contribution is 8.27. The van der Waals surface area contributed by atoms with Crippen LogP contribution in [0.4, 0.5) is 17.1 Å². The molecule has 2 heterocycles. The summed E-state index contributed by atoms with van der Waals surface area (Å²) in [6.07, 6.45) is 1.56. The first-order valence-electron chi connectivity index (χ1n) is 9.31. The second kappa shape index (κ2) is 8.09. The van der Waals surface area contributed by atoms with Gasteiger partial charge in [-0.1, -0.05) is 41.8 Å². The molecular weight excluding hydrogens is 436 g/mol. The second-order valence-electron chi connectivity index (χ2n) is 7.38. The molecule has 1 N–H and O–H groups in total. The molecule has 1 saturated heterocycles. The standard InChI is InChI=1S/C22H20N2O3S3/c1-23(2)13-5-7-17-16(10-13)24(3)15-6-4-12(8-18(15)29-17)9-19-21(27)14(11-20(25)26)22(28)30-19/h4-10,14H,11H2,1-3H3,(H,25,26). The number of carbonyl (C=O) groups excluding carboxylic acids is 1. The van der Waals surface area contributed by atoms with Gasteiger partial charge in [-0.05, 0) is 42.0 Å². The van der Waals surface area contributed by atoms with Crippen molar-refractivity contribution in [2.24, 2.45) is 5.92 Å². The number of carboxylic acids is 1. The molecule has 0 saturated carbocycles. The van der Waals surface area contributed by atoms with Crippen molar-refractivity contribution in [1.29, 1.82) is 0 Å². The minimum Gasteiger partial charge on any atom is -0.481 e. The summed E-state index contributed by atoms with van der Waals surface area (Å²) in [7, 11) is 6.11. The van der Waals surface area contributed by atoms with Crippen molar-refractivity contribution in [1.82, 2.24) is 0 Å². The van der Waals surface area contributed by atoms with Gasteiger partial charge in [-0.15, -0.1) is 0 Å².